The fraction of sp³-hybridized carbons (Fsp3) is 0.500. The van der Waals surface area contributed by atoms with Crippen LogP contribution in [0.5, 0.6) is 0 Å². The third kappa shape index (κ3) is 2.07. The monoisotopic (exact) mass is 206 g/mol. The van der Waals surface area contributed by atoms with E-state index in [-0.39, 0.29) is 6.10 Å². The van der Waals surface area contributed by atoms with Crippen LogP contribution < -0.4 is 10.2 Å². The maximum Gasteiger partial charge on any atom is 0.0687 e. The van der Waals surface area contributed by atoms with Gasteiger partial charge in [-0.15, -0.1) is 0 Å². The Kier molecular flexibility index (Phi) is 2.82. The van der Waals surface area contributed by atoms with Crippen molar-refractivity contribution in [1.29, 1.82) is 0 Å². The van der Waals surface area contributed by atoms with Crippen LogP contribution in [0.2, 0.25) is 0 Å². The summed E-state index contributed by atoms with van der Waals surface area (Å²) in [5.41, 5.74) is 2.36. The first kappa shape index (κ1) is 10.3. The molecule has 0 aromatic heterocycles. The number of rotatable bonds is 2. The van der Waals surface area contributed by atoms with Gasteiger partial charge in [0.25, 0.3) is 0 Å². The molecule has 1 aliphatic heterocycles. The van der Waals surface area contributed by atoms with Gasteiger partial charge in [-0.25, -0.2) is 0 Å². The molecule has 0 fully saturated rings. The third-order valence-electron chi connectivity index (χ3n) is 2.79. The fourth-order valence-electron chi connectivity index (χ4n) is 2.04. The zero-order chi connectivity index (χ0) is 10.8. The zero-order valence-electron chi connectivity index (χ0n) is 9.27. The molecule has 82 valence electrons. The molecule has 0 bridgehead atoms. The Labute approximate surface area is 90.7 Å². The number of hydrogen-bond acceptors (Lipinski definition) is 3. The molecule has 0 saturated heterocycles. The normalized spacial score (nSPS) is 21.8. The summed E-state index contributed by atoms with van der Waals surface area (Å²) in [6, 6.07) is 8.67. The lowest BCUT2D eigenvalue weighted by atomic mass is 10.1. The van der Waals surface area contributed by atoms with E-state index >= 15 is 0 Å². The van der Waals surface area contributed by atoms with Gasteiger partial charge in [0.1, 0.15) is 0 Å². The van der Waals surface area contributed by atoms with Crippen molar-refractivity contribution in [3.8, 4) is 0 Å². The molecule has 2 rings (SSSR count). The van der Waals surface area contributed by atoms with E-state index in [4.69, 9.17) is 0 Å². The highest BCUT2D eigenvalue weighted by molar-refractivity contribution is 5.72. The summed E-state index contributed by atoms with van der Waals surface area (Å²) < 4.78 is 0. The number of nitrogens with one attached hydrogen (secondary N) is 1. The molecular weight excluding hydrogens is 188 g/mol. The van der Waals surface area contributed by atoms with Crippen LogP contribution in [0.3, 0.4) is 0 Å². The average molecular weight is 206 g/mol. The van der Waals surface area contributed by atoms with Crippen molar-refractivity contribution in [2.24, 2.45) is 0 Å². The minimum Gasteiger partial charge on any atom is -0.392 e. The van der Waals surface area contributed by atoms with Crippen LogP contribution in [-0.2, 0) is 0 Å². The Morgan fingerprint density at radius 2 is 2.27 bits per heavy atom. The fourth-order valence-corrected chi connectivity index (χ4v) is 2.04. The van der Waals surface area contributed by atoms with Crippen molar-refractivity contribution in [2.45, 2.75) is 26.0 Å². The number of nitrogens with zero attached hydrogens (tertiary/aromatic N) is 1. The van der Waals surface area contributed by atoms with Crippen LogP contribution in [0.1, 0.15) is 13.8 Å². The molecule has 0 aliphatic carbocycles. The van der Waals surface area contributed by atoms with Crippen LogP contribution in [0.25, 0.3) is 0 Å². The predicted octanol–water partition coefficient (Wildman–Crippen LogP) is 1.69. The highest BCUT2D eigenvalue weighted by Crippen LogP contribution is 2.30. The lowest BCUT2D eigenvalue weighted by molar-refractivity contribution is 0.197. The molecule has 3 heteroatoms. The molecule has 1 aromatic rings. The quantitative estimate of drug-likeness (QED) is 0.773. The zero-order valence-corrected chi connectivity index (χ0v) is 9.27. The van der Waals surface area contributed by atoms with E-state index in [0.717, 1.165) is 12.2 Å². The Hall–Kier alpha value is -1.22. The first-order chi connectivity index (χ1) is 7.18. The molecule has 2 N–H and O–H groups in total. The highest BCUT2D eigenvalue weighted by atomic mass is 16.3. The minimum atomic E-state index is -0.293. The van der Waals surface area contributed by atoms with E-state index in [9.17, 15) is 5.11 Å². The molecule has 0 spiro atoms. The number of aliphatic hydroxyl groups excluding tert-OH is 1. The van der Waals surface area contributed by atoms with Crippen molar-refractivity contribution < 1.29 is 5.11 Å². The molecule has 0 amide bonds. The minimum absolute atomic E-state index is 0.293. The maximum absolute atomic E-state index is 9.49. The highest BCUT2D eigenvalue weighted by Gasteiger charge is 2.22. The number of para-hydroxylation sites is 2. The second-order valence-corrected chi connectivity index (χ2v) is 4.25. The van der Waals surface area contributed by atoms with Crippen molar-refractivity contribution in [3.63, 3.8) is 0 Å². The molecule has 1 aromatic carbocycles. The lowest BCUT2D eigenvalue weighted by Crippen LogP contribution is -2.45. The van der Waals surface area contributed by atoms with Gasteiger partial charge in [-0.05, 0) is 26.0 Å². The van der Waals surface area contributed by atoms with E-state index in [1.165, 1.54) is 5.69 Å². The number of β-amino-alcohol motifs (C(OH)–C–C–N with tert-alkyl or cyclic N) is 1. The van der Waals surface area contributed by atoms with Gasteiger partial charge in [0, 0.05) is 19.1 Å². The molecule has 1 heterocycles. The van der Waals surface area contributed by atoms with Gasteiger partial charge in [-0.2, -0.15) is 0 Å². The van der Waals surface area contributed by atoms with Gasteiger partial charge in [0.15, 0.2) is 0 Å². The topological polar surface area (TPSA) is 35.5 Å². The first-order valence-electron chi connectivity index (χ1n) is 5.46. The first-order valence-corrected chi connectivity index (χ1v) is 5.46. The smallest absolute Gasteiger partial charge is 0.0687 e. The van der Waals surface area contributed by atoms with Crippen LogP contribution in [0.15, 0.2) is 24.3 Å². The molecule has 15 heavy (non-hydrogen) atoms. The molecule has 3 nitrogen and oxygen atoms in total. The van der Waals surface area contributed by atoms with Gasteiger partial charge in [-0.3, -0.25) is 0 Å². The van der Waals surface area contributed by atoms with Crippen molar-refractivity contribution in [3.05, 3.63) is 24.3 Å². The SMILES string of the molecule is CC(O)CN1c2ccccc2NCC1C. The Morgan fingerprint density at radius 3 is 3.00 bits per heavy atom. The molecule has 2 unspecified atom stereocenters. The second-order valence-electron chi connectivity index (χ2n) is 4.25. The Bertz CT molecular complexity index is 338. The van der Waals surface area contributed by atoms with Crippen molar-refractivity contribution >= 4 is 11.4 Å². The number of benzene rings is 1. The van der Waals surface area contributed by atoms with E-state index in [0.29, 0.717) is 12.6 Å². The second kappa shape index (κ2) is 4.11. The van der Waals surface area contributed by atoms with Crippen LogP contribution in [0, 0.1) is 0 Å². The third-order valence-corrected chi connectivity index (χ3v) is 2.79. The summed E-state index contributed by atoms with van der Waals surface area (Å²) in [5.74, 6) is 0. The van der Waals surface area contributed by atoms with Crippen molar-refractivity contribution in [2.75, 3.05) is 23.3 Å². The van der Waals surface area contributed by atoms with E-state index in [2.05, 4.69) is 29.3 Å². The summed E-state index contributed by atoms with van der Waals surface area (Å²) in [6.07, 6.45) is -0.293. The predicted molar refractivity (Wildman–Crippen MR) is 63.4 cm³/mol. The Morgan fingerprint density at radius 1 is 1.53 bits per heavy atom. The number of aliphatic hydroxyl groups is 1. The molecule has 2 atom stereocenters. The summed E-state index contributed by atoms with van der Waals surface area (Å²) in [4.78, 5) is 2.26. The molecular formula is C12H18N2O. The maximum atomic E-state index is 9.49. The van der Waals surface area contributed by atoms with Crippen LogP contribution >= 0.6 is 0 Å². The van der Waals surface area contributed by atoms with Gasteiger partial charge < -0.3 is 15.3 Å². The molecule has 0 radical (unpaired) electrons. The summed E-state index contributed by atoms with van der Waals surface area (Å²) >= 11 is 0. The summed E-state index contributed by atoms with van der Waals surface area (Å²) in [7, 11) is 0. The lowest BCUT2D eigenvalue weighted by Gasteiger charge is -2.38. The standard InChI is InChI=1S/C12H18N2O/c1-9-7-13-11-5-3-4-6-12(11)14(9)8-10(2)15/h3-6,9-10,13,15H,7-8H2,1-2H3. The summed E-state index contributed by atoms with van der Waals surface area (Å²) in [6.45, 7) is 5.63. The Balaban J connectivity index is 2.28. The van der Waals surface area contributed by atoms with E-state index in [1.807, 2.05) is 19.1 Å². The van der Waals surface area contributed by atoms with E-state index in [1.54, 1.807) is 0 Å². The van der Waals surface area contributed by atoms with Crippen molar-refractivity contribution in [1.82, 2.24) is 0 Å². The number of anilines is 2. The van der Waals surface area contributed by atoms with Crippen LogP contribution in [-0.4, -0.2) is 30.3 Å². The van der Waals surface area contributed by atoms with Crippen LogP contribution in [0.4, 0.5) is 11.4 Å². The summed E-state index contributed by atoms with van der Waals surface area (Å²) in [5, 5.41) is 12.9. The van der Waals surface area contributed by atoms with Gasteiger partial charge in [-0.1, -0.05) is 12.1 Å². The molecule has 1 aliphatic rings. The number of fused-ring (bicyclic) bond motifs is 1. The van der Waals surface area contributed by atoms with E-state index < -0.39 is 0 Å². The average Bonchev–Trinajstić information content (AvgIpc) is 2.22. The largest absolute Gasteiger partial charge is 0.392 e. The number of hydrogen-bond donors (Lipinski definition) is 2. The molecule has 0 saturated carbocycles. The van der Waals surface area contributed by atoms with Gasteiger partial charge in [0.2, 0.25) is 0 Å². The van der Waals surface area contributed by atoms with Gasteiger partial charge >= 0.3 is 0 Å². The van der Waals surface area contributed by atoms with Gasteiger partial charge in [0.05, 0.1) is 17.5 Å².